The molecule has 3 aromatic heterocycles. The molecule has 39 heavy (non-hydrogen) atoms. The first kappa shape index (κ1) is 25.2. The first-order valence-corrected chi connectivity index (χ1v) is 13.5. The number of carbonyl (C=O) groups excluding carboxylic acids is 1. The highest BCUT2D eigenvalue weighted by molar-refractivity contribution is 5.90. The molecule has 8 nitrogen and oxygen atoms in total. The molecule has 198 valence electrons. The molecule has 0 saturated carbocycles. The maximum atomic E-state index is 12.2. The zero-order chi connectivity index (χ0) is 26.8. The van der Waals surface area contributed by atoms with E-state index in [4.69, 9.17) is 10.1 Å². The van der Waals surface area contributed by atoms with E-state index in [0.29, 0.717) is 6.54 Å². The van der Waals surface area contributed by atoms with E-state index in [1.54, 1.807) is 0 Å². The van der Waals surface area contributed by atoms with Crippen molar-refractivity contribution in [3.63, 3.8) is 0 Å². The van der Waals surface area contributed by atoms with Gasteiger partial charge in [0.1, 0.15) is 0 Å². The Bertz CT molecular complexity index is 1610. The van der Waals surface area contributed by atoms with Gasteiger partial charge in [0.15, 0.2) is 11.3 Å². The molecule has 6 rings (SSSR count). The van der Waals surface area contributed by atoms with Gasteiger partial charge in [-0.1, -0.05) is 54.6 Å². The maximum Gasteiger partial charge on any atom is 0.223 e. The Hall–Kier alpha value is -4.14. The van der Waals surface area contributed by atoms with Gasteiger partial charge < -0.3 is 10.4 Å². The van der Waals surface area contributed by atoms with E-state index in [1.807, 2.05) is 41.9 Å². The predicted octanol–water partition coefficient (Wildman–Crippen LogP) is 4.24. The fourth-order valence-electron chi connectivity index (χ4n) is 5.41. The fourth-order valence-corrected chi connectivity index (χ4v) is 5.41. The summed E-state index contributed by atoms with van der Waals surface area (Å²) in [7, 11) is 0. The summed E-state index contributed by atoms with van der Waals surface area (Å²) in [6.07, 6.45) is 3.55. The van der Waals surface area contributed by atoms with E-state index in [0.717, 1.165) is 77.2 Å². The van der Waals surface area contributed by atoms with Crippen LogP contribution in [-0.2, 0) is 11.3 Å². The van der Waals surface area contributed by atoms with E-state index in [1.165, 1.54) is 5.56 Å². The number of likely N-dealkylation sites (tertiary alicyclic amines) is 1. The number of aromatic nitrogens is 4. The zero-order valence-electron chi connectivity index (χ0n) is 22.0. The lowest BCUT2D eigenvalue weighted by Crippen LogP contribution is -2.40. The van der Waals surface area contributed by atoms with Gasteiger partial charge >= 0.3 is 0 Å². The molecule has 0 radical (unpaired) electrons. The molecule has 5 aromatic rings. The van der Waals surface area contributed by atoms with Gasteiger partial charge in [0.2, 0.25) is 5.91 Å². The molecule has 0 aliphatic carbocycles. The summed E-state index contributed by atoms with van der Waals surface area (Å²) in [5, 5.41) is 17.3. The third kappa shape index (κ3) is 5.26. The van der Waals surface area contributed by atoms with Crippen molar-refractivity contribution in [3.05, 3.63) is 84.2 Å². The summed E-state index contributed by atoms with van der Waals surface area (Å²) in [6, 6.07) is 23.1. The van der Waals surface area contributed by atoms with Crippen molar-refractivity contribution in [3.8, 4) is 22.4 Å². The number of nitrogens with zero attached hydrogens (tertiary/aromatic N) is 5. The molecule has 1 aliphatic rings. The van der Waals surface area contributed by atoms with Gasteiger partial charge in [0, 0.05) is 47.8 Å². The zero-order valence-corrected chi connectivity index (χ0v) is 22.0. The van der Waals surface area contributed by atoms with Crippen molar-refractivity contribution in [1.82, 2.24) is 29.8 Å². The Morgan fingerprint density at radius 2 is 1.79 bits per heavy atom. The SMILES string of the molecule is Cc1cc2ncc3cc(-c4ccccc4)c(-c4ccc(CN5CCC(C(=O)NCCO)CC5)cc4)nc3n2n1. The first-order valence-electron chi connectivity index (χ1n) is 13.5. The summed E-state index contributed by atoms with van der Waals surface area (Å²) in [5.74, 6) is 0.0919. The number of pyridine rings is 1. The molecule has 1 amide bonds. The number of benzene rings is 2. The second kappa shape index (κ2) is 10.9. The van der Waals surface area contributed by atoms with Crippen molar-refractivity contribution in [1.29, 1.82) is 0 Å². The number of hydrogen-bond donors (Lipinski definition) is 2. The van der Waals surface area contributed by atoms with Crippen LogP contribution < -0.4 is 5.32 Å². The monoisotopic (exact) mass is 520 g/mol. The molecule has 0 unspecified atom stereocenters. The van der Waals surface area contributed by atoms with Crippen LogP contribution >= 0.6 is 0 Å². The minimum atomic E-state index is -0.0212. The van der Waals surface area contributed by atoms with Crippen molar-refractivity contribution in [2.45, 2.75) is 26.3 Å². The van der Waals surface area contributed by atoms with Gasteiger partial charge in [-0.05, 0) is 50.0 Å². The smallest absolute Gasteiger partial charge is 0.223 e. The minimum absolute atomic E-state index is 0.0212. The van der Waals surface area contributed by atoms with E-state index >= 15 is 0 Å². The molecular weight excluding hydrogens is 488 g/mol. The van der Waals surface area contributed by atoms with E-state index in [2.05, 4.69) is 62.8 Å². The van der Waals surface area contributed by atoms with Gasteiger partial charge in [-0.2, -0.15) is 9.61 Å². The Labute approximate surface area is 227 Å². The minimum Gasteiger partial charge on any atom is -0.395 e. The molecule has 1 fully saturated rings. The lowest BCUT2D eigenvalue weighted by Gasteiger charge is -2.31. The largest absolute Gasteiger partial charge is 0.395 e. The molecule has 0 spiro atoms. The van der Waals surface area contributed by atoms with Crippen LogP contribution in [0.1, 0.15) is 24.1 Å². The number of piperidine rings is 1. The highest BCUT2D eigenvalue weighted by Gasteiger charge is 2.24. The number of hydrogen-bond acceptors (Lipinski definition) is 6. The van der Waals surface area contributed by atoms with Gasteiger partial charge in [-0.15, -0.1) is 0 Å². The van der Waals surface area contributed by atoms with Gasteiger partial charge in [0.05, 0.1) is 18.0 Å². The van der Waals surface area contributed by atoms with Crippen molar-refractivity contribution in [2.75, 3.05) is 26.2 Å². The normalized spacial score (nSPS) is 14.7. The summed E-state index contributed by atoms with van der Waals surface area (Å²) < 4.78 is 1.82. The number of amides is 1. The summed E-state index contributed by atoms with van der Waals surface area (Å²) >= 11 is 0. The maximum absolute atomic E-state index is 12.2. The molecule has 2 aromatic carbocycles. The molecule has 1 saturated heterocycles. The second-order valence-electron chi connectivity index (χ2n) is 10.2. The highest BCUT2D eigenvalue weighted by atomic mass is 16.3. The molecule has 2 N–H and O–H groups in total. The van der Waals surface area contributed by atoms with Crippen LogP contribution in [0.2, 0.25) is 0 Å². The van der Waals surface area contributed by atoms with Crippen LogP contribution in [0, 0.1) is 12.8 Å². The summed E-state index contributed by atoms with van der Waals surface area (Å²) in [4.78, 5) is 24.4. The van der Waals surface area contributed by atoms with Crippen LogP contribution in [0.3, 0.4) is 0 Å². The van der Waals surface area contributed by atoms with Gasteiger partial charge in [-0.25, -0.2) is 9.97 Å². The molecular formula is C31H32N6O2. The molecule has 1 aliphatic heterocycles. The summed E-state index contributed by atoms with van der Waals surface area (Å²) in [6.45, 7) is 4.89. The van der Waals surface area contributed by atoms with Crippen LogP contribution in [0.5, 0.6) is 0 Å². The Morgan fingerprint density at radius 1 is 1.03 bits per heavy atom. The third-order valence-corrected chi connectivity index (χ3v) is 7.47. The fraction of sp³-hybridized carbons (Fsp3) is 0.290. The van der Waals surface area contributed by atoms with Crippen molar-refractivity contribution in [2.24, 2.45) is 5.92 Å². The quantitative estimate of drug-likeness (QED) is 0.333. The average molecular weight is 521 g/mol. The predicted molar refractivity (Wildman–Crippen MR) is 152 cm³/mol. The molecule has 0 bridgehead atoms. The number of nitrogens with one attached hydrogen (secondary N) is 1. The van der Waals surface area contributed by atoms with Crippen molar-refractivity contribution < 1.29 is 9.90 Å². The number of rotatable bonds is 7. The van der Waals surface area contributed by atoms with E-state index in [9.17, 15) is 4.79 Å². The molecule has 4 heterocycles. The van der Waals surface area contributed by atoms with Gasteiger partial charge in [-0.3, -0.25) is 9.69 Å². The van der Waals surface area contributed by atoms with Crippen LogP contribution in [0.4, 0.5) is 0 Å². The van der Waals surface area contributed by atoms with Crippen molar-refractivity contribution >= 4 is 22.6 Å². The lowest BCUT2D eigenvalue weighted by atomic mass is 9.95. The second-order valence-corrected chi connectivity index (χ2v) is 10.2. The Morgan fingerprint density at radius 3 is 2.54 bits per heavy atom. The van der Waals surface area contributed by atoms with E-state index in [-0.39, 0.29) is 18.4 Å². The van der Waals surface area contributed by atoms with Crippen LogP contribution in [0.15, 0.2) is 72.9 Å². The van der Waals surface area contributed by atoms with E-state index < -0.39 is 0 Å². The highest BCUT2D eigenvalue weighted by Crippen LogP contribution is 2.33. The standard InChI is InChI=1S/C31H32N6O2/c1-21-17-28-33-19-26-18-27(23-5-3-2-4-6-23)29(34-30(26)37(28)35-21)24-9-7-22(8-10-24)20-36-14-11-25(12-15-36)31(39)32-13-16-38/h2-10,17-19,25,38H,11-16,20H2,1H3,(H,32,39). The molecule has 8 heteroatoms. The molecule has 0 atom stereocenters. The van der Waals surface area contributed by atoms with Crippen LogP contribution in [0.25, 0.3) is 39.1 Å². The topological polar surface area (TPSA) is 95.7 Å². The number of fused-ring (bicyclic) bond motifs is 3. The van der Waals surface area contributed by atoms with Crippen LogP contribution in [-0.4, -0.2) is 61.7 Å². The number of carbonyl (C=O) groups is 1. The third-order valence-electron chi connectivity index (χ3n) is 7.47. The first-order chi connectivity index (χ1) is 19.1. The number of aliphatic hydroxyl groups excluding tert-OH is 1. The Balaban J connectivity index is 1.27. The Kier molecular flexibility index (Phi) is 7.04. The van der Waals surface area contributed by atoms with Gasteiger partial charge in [0.25, 0.3) is 0 Å². The average Bonchev–Trinajstić information content (AvgIpc) is 3.37. The number of aliphatic hydroxyl groups is 1. The summed E-state index contributed by atoms with van der Waals surface area (Å²) in [5.41, 5.74) is 7.84. The lowest BCUT2D eigenvalue weighted by molar-refractivity contribution is -0.126. The number of aryl methyl sites for hydroxylation is 1.